The number of aromatic nitrogens is 2. The van der Waals surface area contributed by atoms with Gasteiger partial charge in [-0.1, -0.05) is 24.3 Å². The first-order valence-electron chi connectivity index (χ1n) is 8.81. The van der Waals surface area contributed by atoms with Crippen LogP contribution in [0.25, 0.3) is 5.69 Å². The molecule has 28 heavy (non-hydrogen) atoms. The van der Waals surface area contributed by atoms with Gasteiger partial charge < -0.3 is 10.6 Å². The van der Waals surface area contributed by atoms with Crippen LogP contribution in [0.1, 0.15) is 16.7 Å². The summed E-state index contributed by atoms with van der Waals surface area (Å²) in [6.07, 6.45) is 4.60. The summed E-state index contributed by atoms with van der Waals surface area (Å²) in [7, 11) is 1.76. The molecule has 1 heterocycles. The molecule has 7 heteroatoms. The summed E-state index contributed by atoms with van der Waals surface area (Å²) >= 11 is 0. The highest BCUT2D eigenvalue weighted by molar-refractivity contribution is 14.0. The van der Waals surface area contributed by atoms with Gasteiger partial charge in [0.05, 0.1) is 17.3 Å². The topological polar surface area (TPSA) is 78.0 Å². The number of benzene rings is 2. The molecule has 0 aliphatic heterocycles. The van der Waals surface area contributed by atoms with Crippen LogP contribution in [0.4, 0.5) is 0 Å². The number of aliphatic imine (C=N–C) groups is 1. The van der Waals surface area contributed by atoms with Crippen molar-refractivity contribution < 1.29 is 0 Å². The van der Waals surface area contributed by atoms with Crippen molar-refractivity contribution in [1.82, 2.24) is 20.4 Å². The highest BCUT2D eigenvalue weighted by Gasteiger charge is 2.01. The lowest BCUT2D eigenvalue weighted by Crippen LogP contribution is -2.37. The Bertz CT molecular complexity index is 909. The van der Waals surface area contributed by atoms with Gasteiger partial charge in [-0.25, -0.2) is 4.68 Å². The van der Waals surface area contributed by atoms with Crippen LogP contribution in [-0.2, 0) is 13.0 Å². The highest BCUT2D eigenvalue weighted by Crippen LogP contribution is 2.09. The normalized spacial score (nSPS) is 10.6. The van der Waals surface area contributed by atoms with E-state index in [9.17, 15) is 0 Å². The zero-order valence-corrected chi connectivity index (χ0v) is 18.0. The first kappa shape index (κ1) is 21.4. The van der Waals surface area contributed by atoms with Crippen molar-refractivity contribution >= 4 is 29.9 Å². The van der Waals surface area contributed by atoms with Gasteiger partial charge >= 0.3 is 0 Å². The Balaban J connectivity index is 0.00000280. The van der Waals surface area contributed by atoms with Crippen LogP contribution in [0, 0.1) is 11.3 Å². The first-order chi connectivity index (χ1) is 13.3. The lowest BCUT2D eigenvalue weighted by atomic mass is 10.1. The summed E-state index contributed by atoms with van der Waals surface area (Å²) in [5.74, 6) is 0.757. The Morgan fingerprint density at radius 1 is 1.07 bits per heavy atom. The Hall–Kier alpha value is -2.86. The van der Waals surface area contributed by atoms with Gasteiger partial charge in [0.2, 0.25) is 0 Å². The molecule has 0 amide bonds. The lowest BCUT2D eigenvalue weighted by Gasteiger charge is -2.12. The van der Waals surface area contributed by atoms with E-state index in [4.69, 9.17) is 5.26 Å². The summed E-state index contributed by atoms with van der Waals surface area (Å²) in [4.78, 5) is 4.25. The molecule has 1 aromatic heterocycles. The summed E-state index contributed by atoms with van der Waals surface area (Å²) < 4.78 is 1.84. The van der Waals surface area contributed by atoms with Gasteiger partial charge in [0, 0.05) is 32.5 Å². The number of guanidine groups is 1. The molecular formula is C21H23IN6. The molecule has 0 spiro atoms. The Morgan fingerprint density at radius 3 is 2.39 bits per heavy atom. The van der Waals surface area contributed by atoms with E-state index in [2.05, 4.69) is 51.1 Å². The van der Waals surface area contributed by atoms with Gasteiger partial charge in [-0.2, -0.15) is 10.4 Å². The number of nitrogens with one attached hydrogen (secondary N) is 2. The lowest BCUT2D eigenvalue weighted by molar-refractivity contribution is 0.794. The third-order valence-corrected chi connectivity index (χ3v) is 4.18. The van der Waals surface area contributed by atoms with Gasteiger partial charge in [-0.3, -0.25) is 4.99 Å². The summed E-state index contributed by atoms with van der Waals surface area (Å²) in [5, 5.41) is 19.7. The number of halogens is 1. The molecule has 0 fully saturated rings. The van der Waals surface area contributed by atoms with E-state index in [1.807, 2.05) is 41.2 Å². The number of hydrogen-bond acceptors (Lipinski definition) is 3. The van der Waals surface area contributed by atoms with Crippen LogP contribution in [0.3, 0.4) is 0 Å². The maximum Gasteiger partial charge on any atom is 0.191 e. The molecule has 0 atom stereocenters. The molecule has 0 aliphatic rings. The predicted octanol–water partition coefficient (Wildman–Crippen LogP) is 3.27. The number of nitriles is 1. The Morgan fingerprint density at radius 2 is 1.79 bits per heavy atom. The number of nitrogens with zero attached hydrogens (tertiary/aromatic N) is 4. The fourth-order valence-corrected chi connectivity index (χ4v) is 2.67. The molecule has 3 aromatic rings. The minimum Gasteiger partial charge on any atom is -0.356 e. The van der Waals surface area contributed by atoms with Crippen molar-refractivity contribution in [2.24, 2.45) is 4.99 Å². The smallest absolute Gasteiger partial charge is 0.191 e. The van der Waals surface area contributed by atoms with Crippen molar-refractivity contribution in [1.29, 1.82) is 5.26 Å². The molecule has 3 rings (SSSR count). The van der Waals surface area contributed by atoms with E-state index < -0.39 is 0 Å². The van der Waals surface area contributed by atoms with Crippen LogP contribution in [0.15, 0.2) is 72.0 Å². The van der Waals surface area contributed by atoms with E-state index >= 15 is 0 Å². The molecule has 0 saturated heterocycles. The Kier molecular flexibility index (Phi) is 8.49. The second-order valence-electron chi connectivity index (χ2n) is 6.03. The molecular weight excluding hydrogens is 463 g/mol. The zero-order valence-electron chi connectivity index (χ0n) is 15.7. The second kappa shape index (κ2) is 11.1. The van der Waals surface area contributed by atoms with Crippen molar-refractivity contribution in [2.45, 2.75) is 13.0 Å². The van der Waals surface area contributed by atoms with Crippen molar-refractivity contribution in [3.05, 3.63) is 83.7 Å². The molecule has 0 unspecified atom stereocenters. The third kappa shape index (κ3) is 6.09. The van der Waals surface area contributed by atoms with Gasteiger partial charge in [-0.05, 0) is 47.9 Å². The van der Waals surface area contributed by atoms with Gasteiger partial charge in [0.25, 0.3) is 0 Å². The van der Waals surface area contributed by atoms with E-state index in [1.165, 1.54) is 5.56 Å². The molecule has 6 nitrogen and oxygen atoms in total. The van der Waals surface area contributed by atoms with E-state index in [0.717, 1.165) is 30.2 Å². The largest absolute Gasteiger partial charge is 0.356 e. The molecule has 0 radical (unpaired) electrons. The molecule has 2 N–H and O–H groups in total. The van der Waals surface area contributed by atoms with Crippen molar-refractivity contribution in [3.8, 4) is 11.8 Å². The maximum atomic E-state index is 8.84. The summed E-state index contributed by atoms with van der Waals surface area (Å²) in [6, 6.07) is 19.9. The average Bonchev–Trinajstić information content (AvgIpc) is 3.26. The molecule has 0 bridgehead atoms. The van der Waals surface area contributed by atoms with Crippen LogP contribution in [0.5, 0.6) is 0 Å². The van der Waals surface area contributed by atoms with Gasteiger partial charge in [0.1, 0.15) is 0 Å². The van der Waals surface area contributed by atoms with Crippen LogP contribution < -0.4 is 10.6 Å². The predicted molar refractivity (Wildman–Crippen MR) is 122 cm³/mol. The first-order valence-corrected chi connectivity index (χ1v) is 8.81. The minimum absolute atomic E-state index is 0. The fraction of sp³-hybridized carbons (Fsp3) is 0.190. The van der Waals surface area contributed by atoms with E-state index in [1.54, 1.807) is 13.2 Å². The molecule has 0 aliphatic carbocycles. The van der Waals surface area contributed by atoms with Crippen molar-refractivity contribution in [2.75, 3.05) is 13.6 Å². The molecule has 2 aromatic carbocycles. The summed E-state index contributed by atoms with van der Waals surface area (Å²) in [5.41, 5.74) is 4.07. The third-order valence-electron chi connectivity index (χ3n) is 4.18. The molecule has 144 valence electrons. The average molecular weight is 486 g/mol. The van der Waals surface area contributed by atoms with Crippen LogP contribution in [-0.4, -0.2) is 29.3 Å². The van der Waals surface area contributed by atoms with Crippen molar-refractivity contribution in [3.63, 3.8) is 0 Å². The molecule has 0 saturated carbocycles. The van der Waals surface area contributed by atoms with E-state index in [-0.39, 0.29) is 24.0 Å². The quantitative estimate of drug-likeness (QED) is 0.319. The number of hydrogen-bond donors (Lipinski definition) is 2. The zero-order chi connectivity index (χ0) is 18.9. The SMILES string of the molecule is CN=C(NCCc1ccc(-n2cccn2)cc1)NCc1ccc(C#N)cc1.I. The fourth-order valence-electron chi connectivity index (χ4n) is 2.67. The Labute approximate surface area is 182 Å². The van der Waals surface area contributed by atoms with Gasteiger partial charge in [-0.15, -0.1) is 24.0 Å². The maximum absolute atomic E-state index is 8.84. The monoisotopic (exact) mass is 486 g/mol. The van der Waals surface area contributed by atoms with Crippen LogP contribution >= 0.6 is 24.0 Å². The minimum atomic E-state index is 0. The standard InChI is InChI=1S/C21H22N6.HI/c1-23-21(25-16-19-5-3-18(15-22)4-6-19)24-13-11-17-7-9-20(10-8-17)27-14-2-12-26-27;/h2-10,12,14H,11,13,16H2,1H3,(H2,23,24,25);1H. The van der Waals surface area contributed by atoms with Crippen LogP contribution in [0.2, 0.25) is 0 Å². The van der Waals surface area contributed by atoms with Gasteiger partial charge in [0.15, 0.2) is 5.96 Å². The summed E-state index contributed by atoms with van der Waals surface area (Å²) in [6.45, 7) is 1.44. The number of rotatable bonds is 6. The van der Waals surface area contributed by atoms with E-state index in [0.29, 0.717) is 12.1 Å². The highest BCUT2D eigenvalue weighted by atomic mass is 127. The second-order valence-corrected chi connectivity index (χ2v) is 6.03.